The van der Waals surface area contributed by atoms with Crippen LogP contribution in [0.3, 0.4) is 0 Å². The number of nitrogens with zero attached hydrogens (tertiary/aromatic N) is 1. The van der Waals surface area contributed by atoms with Crippen molar-refractivity contribution in [2.45, 2.75) is 125 Å². The number of carbonyl (C=O) groups is 1. The zero-order valence-electron chi connectivity index (χ0n) is 24.1. The fraction of sp³-hybridized carbons (Fsp3) is 0.906. The van der Waals surface area contributed by atoms with Crippen molar-refractivity contribution in [3.63, 3.8) is 0 Å². The molecule has 0 N–H and O–H groups in total. The van der Waals surface area contributed by atoms with Gasteiger partial charge in [0.25, 0.3) is 0 Å². The Bertz CT molecular complexity index is 770. The summed E-state index contributed by atoms with van der Waals surface area (Å²) >= 11 is 0. The van der Waals surface area contributed by atoms with E-state index in [-0.39, 0.29) is 12.2 Å². The number of allylic oxidation sites excluding steroid dienone is 1. The zero-order valence-corrected chi connectivity index (χ0v) is 24.1. The molecule has 4 aliphatic rings. The van der Waals surface area contributed by atoms with E-state index < -0.39 is 0 Å². The van der Waals surface area contributed by atoms with Crippen molar-refractivity contribution >= 4 is 6.09 Å². The van der Waals surface area contributed by atoms with Gasteiger partial charge in [0.15, 0.2) is 0 Å². The van der Waals surface area contributed by atoms with Crippen LogP contribution in [-0.2, 0) is 4.74 Å². The maximum absolute atomic E-state index is 12.6. The molecule has 35 heavy (non-hydrogen) atoms. The van der Waals surface area contributed by atoms with Crippen LogP contribution in [0.15, 0.2) is 11.6 Å². The predicted octanol–water partition coefficient (Wildman–Crippen LogP) is 8.87. The van der Waals surface area contributed by atoms with Crippen molar-refractivity contribution in [2.75, 3.05) is 13.1 Å². The molecule has 0 heterocycles. The molecule has 1 amide bonds. The lowest BCUT2D eigenvalue weighted by Gasteiger charge is -2.58. The van der Waals surface area contributed by atoms with Crippen molar-refractivity contribution in [2.24, 2.45) is 46.3 Å². The second-order valence-electron chi connectivity index (χ2n) is 13.7. The lowest BCUT2D eigenvalue weighted by Crippen LogP contribution is -2.51. The minimum absolute atomic E-state index is 0.0652. The monoisotopic (exact) mass is 485 g/mol. The highest BCUT2D eigenvalue weighted by Crippen LogP contribution is 2.67. The number of hydrogen-bond acceptors (Lipinski definition) is 2. The van der Waals surface area contributed by atoms with Gasteiger partial charge in [-0.3, -0.25) is 0 Å². The van der Waals surface area contributed by atoms with Gasteiger partial charge < -0.3 is 9.64 Å². The molecule has 0 spiro atoms. The molecule has 3 fully saturated rings. The molecule has 0 saturated heterocycles. The average molecular weight is 486 g/mol. The molecule has 4 rings (SSSR count). The fourth-order valence-electron chi connectivity index (χ4n) is 9.45. The Balaban J connectivity index is 1.43. The molecule has 0 aromatic carbocycles. The minimum Gasteiger partial charge on any atom is -0.446 e. The molecule has 8 atom stereocenters. The molecule has 0 aromatic heterocycles. The first kappa shape index (κ1) is 27.1. The number of fused-ring (bicyclic) bond motifs is 5. The highest BCUT2D eigenvalue weighted by Gasteiger charge is 2.59. The normalized spacial score (nSPS) is 39.3. The van der Waals surface area contributed by atoms with Crippen LogP contribution in [0.2, 0.25) is 0 Å². The third kappa shape index (κ3) is 5.08. The molecule has 200 valence electrons. The number of carbonyl (C=O) groups excluding carboxylic acids is 1. The fourth-order valence-corrected chi connectivity index (χ4v) is 9.45. The van der Waals surface area contributed by atoms with E-state index in [0.29, 0.717) is 10.8 Å². The van der Waals surface area contributed by atoms with E-state index in [1.807, 2.05) is 13.8 Å². The summed E-state index contributed by atoms with van der Waals surface area (Å²) in [4.78, 5) is 14.4. The van der Waals surface area contributed by atoms with Crippen LogP contribution in [0.1, 0.15) is 119 Å². The summed E-state index contributed by atoms with van der Waals surface area (Å²) in [6, 6.07) is 0. The van der Waals surface area contributed by atoms with E-state index in [1.165, 1.54) is 57.8 Å². The third-order valence-corrected chi connectivity index (χ3v) is 11.5. The predicted molar refractivity (Wildman–Crippen MR) is 146 cm³/mol. The Morgan fingerprint density at radius 3 is 2.46 bits per heavy atom. The summed E-state index contributed by atoms with van der Waals surface area (Å²) in [6.45, 7) is 18.1. The largest absolute Gasteiger partial charge is 0.446 e. The molecule has 0 aliphatic heterocycles. The van der Waals surface area contributed by atoms with Crippen molar-refractivity contribution in [1.82, 2.24) is 4.90 Å². The Labute approximate surface area is 216 Å². The van der Waals surface area contributed by atoms with Crippen LogP contribution >= 0.6 is 0 Å². The summed E-state index contributed by atoms with van der Waals surface area (Å²) < 4.78 is 5.98. The van der Waals surface area contributed by atoms with E-state index in [9.17, 15) is 4.79 Å². The molecular formula is C32H55NO2. The first-order chi connectivity index (χ1) is 16.6. The second kappa shape index (κ2) is 10.8. The van der Waals surface area contributed by atoms with E-state index in [1.54, 1.807) is 10.5 Å². The Morgan fingerprint density at radius 2 is 1.77 bits per heavy atom. The van der Waals surface area contributed by atoms with Crippen molar-refractivity contribution in [3.8, 4) is 0 Å². The molecule has 3 saturated carbocycles. The minimum atomic E-state index is -0.120. The average Bonchev–Trinajstić information content (AvgIpc) is 3.17. The Kier molecular flexibility index (Phi) is 8.33. The SMILES string of the molecule is CCN(CC)C(=O)O[C@H]1CC[C@@]2(C)C(=CCC3C4CCC(C(C)CCCC(C)C)[C@@]4(C)CCC32)C1. The maximum atomic E-state index is 12.6. The van der Waals surface area contributed by atoms with Crippen LogP contribution < -0.4 is 0 Å². The zero-order chi connectivity index (χ0) is 25.4. The van der Waals surface area contributed by atoms with Gasteiger partial charge in [0, 0.05) is 19.5 Å². The second-order valence-corrected chi connectivity index (χ2v) is 13.7. The first-order valence-electron chi connectivity index (χ1n) is 15.3. The highest BCUT2D eigenvalue weighted by molar-refractivity contribution is 5.67. The van der Waals surface area contributed by atoms with Crippen LogP contribution in [0, 0.1) is 46.3 Å². The van der Waals surface area contributed by atoms with Crippen molar-refractivity contribution in [3.05, 3.63) is 11.6 Å². The van der Waals surface area contributed by atoms with Gasteiger partial charge in [-0.15, -0.1) is 0 Å². The standard InChI is InChI=1S/C32H55NO2/c1-8-33(9-2)30(34)35-25-17-19-31(6)24(21-25)13-14-26-28-16-15-27(23(5)12-10-11-22(3)4)32(28,7)20-18-29(26)31/h13,22-23,25-29H,8-12,14-21H2,1-7H3/t23?,25-,26?,27?,28?,29?,31-,32+/m0/s1. The van der Waals surface area contributed by atoms with Crippen LogP contribution in [0.4, 0.5) is 4.79 Å². The van der Waals surface area contributed by atoms with Gasteiger partial charge in [-0.2, -0.15) is 0 Å². The quantitative estimate of drug-likeness (QED) is 0.321. The summed E-state index contributed by atoms with van der Waals surface area (Å²) in [5.74, 6) is 5.24. The maximum Gasteiger partial charge on any atom is 0.410 e. The Hall–Kier alpha value is -0.990. The summed E-state index contributed by atoms with van der Waals surface area (Å²) in [5.41, 5.74) is 2.49. The van der Waals surface area contributed by atoms with Crippen molar-refractivity contribution < 1.29 is 9.53 Å². The number of hydrogen-bond donors (Lipinski definition) is 0. The van der Waals surface area contributed by atoms with Gasteiger partial charge >= 0.3 is 6.09 Å². The molecular weight excluding hydrogens is 430 g/mol. The van der Waals surface area contributed by atoms with Gasteiger partial charge in [0.2, 0.25) is 0 Å². The molecule has 0 bridgehead atoms. The van der Waals surface area contributed by atoms with Crippen LogP contribution in [0.25, 0.3) is 0 Å². The van der Waals surface area contributed by atoms with E-state index in [2.05, 4.69) is 40.7 Å². The van der Waals surface area contributed by atoms with E-state index in [0.717, 1.165) is 61.4 Å². The molecule has 5 unspecified atom stereocenters. The smallest absolute Gasteiger partial charge is 0.410 e. The topological polar surface area (TPSA) is 29.5 Å². The van der Waals surface area contributed by atoms with Crippen molar-refractivity contribution in [1.29, 1.82) is 0 Å². The van der Waals surface area contributed by atoms with Crippen LogP contribution in [-0.4, -0.2) is 30.2 Å². The first-order valence-corrected chi connectivity index (χ1v) is 15.3. The van der Waals surface area contributed by atoms with Crippen LogP contribution in [0.5, 0.6) is 0 Å². The summed E-state index contributed by atoms with van der Waals surface area (Å²) in [5, 5.41) is 0. The molecule has 3 heteroatoms. The third-order valence-electron chi connectivity index (χ3n) is 11.5. The number of amides is 1. The molecule has 3 nitrogen and oxygen atoms in total. The lowest BCUT2D eigenvalue weighted by molar-refractivity contribution is -0.0592. The Morgan fingerprint density at radius 1 is 1.03 bits per heavy atom. The summed E-state index contributed by atoms with van der Waals surface area (Å²) in [7, 11) is 0. The lowest BCUT2D eigenvalue weighted by atomic mass is 9.47. The van der Waals surface area contributed by atoms with Gasteiger partial charge in [-0.1, -0.05) is 65.5 Å². The van der Waals surface area contributed by atoms with E-state index >= 15 is 0 Å². The van der Waals surface area contributed by atoms with Gasteiger partial charge in [0.1, 0.15) is 6.10 Å². The number of rotatable bonds is 8. The van der Waals surface area contributed by atoms with Gasteiger partial charge in [-0.25, -0.2) is 4.79 Å². The molecule has 0 radical (unpaired) electrons. The van der Waals surface area contributed by atoms with Gasteiger partial charge in [0.05, 0.1) is 0 Å². The summed E-state index contributed by atoms with van der Waals surface area (Å²) in [6.07, 6.45) is 17.0. The molecule has 0 aromatic rings. The number of ether oxygens (including phenoxy) is 1. The highest BCUT2D eigenvalue weighted by atomic mass is 16.6. The van der Waals surface area contributed by atoms with E-state index in [4.69, 9.17) is 4.74 Å². The molecule has 4 aliphatic carbocycles. The van der Waals surface area contributed by atoms with Gasteiger partial charge in [-0.05, 0) is 105 Å².